The van der Waals surface area contributed by atoms with Crippen LogP contribution in [0.15, 0.2) is 22.7 Å². The van der Waals surface area contributed by atoms with Gasteiger partial charge in [-0.25, -0.2) is 4.39 Å². The number of halogens is 2. The largest absolute Gasteiger partial charge is 0.351 e. The lowest BCUT2D eigenvalue weighted by Crippen LogP contribution is -1.93. The van der Waals surface area contributed by atoms with Crippen LogP contribution in [0.2, 0.25) is 5.02 Å². The number of rotatable bonds is 2. The van der Waals surface area contributed by atoms with E-state index >= 15 is 0 Å². The van der Waals surface area contributed by atoms with Crippen molar-refractivity contribution in [3.63, 3.8) is 0 Å². The highest BCUT2D eigenvalue weighted by molar-refractivity contribution is 6.31. The molecule has 0 radical (unpaired) electrons. The highest BCUT2D eigenvalue weighted by atomic mass is 35.5. The molecule has 78 valence electrons. The van der Waals surface area contributed by atoms with Crippen molar-refractivity contribution < 1.29 is 8.91 Å². The lowest BCUT2D eigenvalue weighted by molar-refractivity contribution is 0.428. The molecule has 0 bridgehead atoms. The van der Waals surface area contributed by atoms with Gasteiger partial charge in [0.1, 0.15) is 5.82 Å². The van der Waals surface area contributed by atoms with Gasteiger partial charge < -0.3 is 10.3 Å². The van der Waals surface area contributed by atoms with Crippen molar-refractivity contribution in [1.82, 2.24) is 10.1 Å². The molecule has 1 aromatic carbocycles. The predicted molar refractivity (Wildman–Crippen MR) is 52.9 cm³/mol. The van der Waals surface area contributed by atoms with Crippen molar-refractivity contribution in [2.45, 2.75) is 6.42 Å². The smallest absolute Gasteiger partial charge is 0.318 e. The molecule has 0 unspecified atom stereocenters. The minimum absolute atomic E-state index is 0.00299. The van der Waals surface area contributed by atoms with Crippen LogP contribution in [0.1, 0.15) is 11.4 Å². The quantitative estimate of drug-likeness (QED) is 0.853. The van der Waals surface area contributed by atoms with Gasteiger partial charge in [-0.3, -0.25) is 0 Å². The first-order valence-corrected chi connectivity index (χ1v) is 4.55. The lowest BCUT2D eigenvalue weighted by Gasteiger charge is -2.00. The van der Waals surface area contributed by atoms with Crippen LogP contribution in [-0.2, 0) is 6.42 Å². The maximum absolute atomic E-state index is 12.7. The molecule has 1 heterocycles. The molecular weight excluding hydrogens is 221 g/mol. The number of benzene rings is 1. The molecule has 0 atom stereocenters. The van der Waals surface area contributed by atoms with Crippen molar-refractivity contribution >= 4 is 17.6 Å². The summed E-state index contributed by atoms with van der Waals surface area (Å²) in [5.41, 5.74) is 5.98. The molecule has 1 aromatic heterocycles. The van der Waals surface area contributed by atoms with Crippen molar-refractivity contribution in [3.05, 3.63) is 40.4 Å². The molecule has 0 fully saturated rings. The molecule has 0 aliphatic carbocycles. The normalized spacial score (nSPS) is 10.5. The van der Waals surface area contributed by atoms with Gasteiger partial charge in [0.05, 0.1) is 0 Å². The molecule has 4 nitrogen and oxygen atoms in total. The van der Waals surface area contributed by atoms with Crippen molar-refractivity contribution in [2.24, 2.45) is 0 Å². The molecule has 0 aliphatic heterocycles. The Morgan fingerprint density at radius 3 is 2.87 bits per heavy atom. The predicted octanol–water partition coefficient (Wildman–Crippen LogP) is 2.04. The van der Waals surface area contributed by atoms with Gasteiger partial charge in [-0.1, -0.05) is 22.8 Å². The first-order valence-electron chi connectivity index (χ1n) is 4.17. The first kappa shape index (κ1) is 9.92. The summed E-state index contributed by atoms with van der Waals surface area (Å²) in [6, 6.07) is 4.14. The molecule has 2 aromatic rings. The van der Waals surface area contributed by atoms with E-state index in [1.165, 1.54) is 12.1 Å². The molecular formula is C9H7ClFN3O. The van der Waals surface area contributed by atoms with Crippen LogP contribution in [0, 0.1) is 5.82 Å². The number of nitrogens with two attached hydrogens (primary N) is 1. The van der Waals surface area contributed by atoms with Gasteiger partial charge in [-0.2, -0.15) is 4.98 Å². The lowest BCUT2D eigenvalue weighted by atomic mass is 10.1. The molecule has 2 rings (SSSR count). The van der Waals surface area contributed by atoms with E-state index in [2.05, 4.69) is 14.7 Å². The second kappa shape index (κ2) is 3.86. The average molecular weight is 228 g/mol. The number of aromatic nitrogens is 2. The van der Waals surface area contributed by atoms with Gasteiger partial charge in [0, 0.05) is 11.4 Å². The van der Waals surface area contributed by atoms with Crippen LogP contribution in [0.5, 0.6) is 0 Å². The Hall–Kier alpha value is -1.62. The molecule has 0 amide bonds. The van der Waals surface area contributed by atoms with Crippen LogP contribution in [0.25, 0.3) is 0 Å². The third-order valence-electron chi connectivity index (χ3n) is 1.85. The van der Waals surface area contributed by atoms with E-state index in [-0.39, 0.29) is 11.8 Å². The summed E-state index contributed by atoms with van der Waals surface area (Å²) in [5, 5.41) is 3.94. The van der Waals surface area contributed by atoms with E-state index < -0.39 is 0 Å². The first-order chi connectivity index (χ1) is 7.15. The number of anilines is 1. The Kier molecular flexibility index (Phi) is 2.55. The zero-order valence-corrected chi connectivity index (χ0v) is 8.33. The molecule has 0 saturated heterocycles. The standard InChI is InChI=1S/C9H7ClFN3O/c10-7-4-6(11)2-1-5(7)3-8-13-9(12)15-14-8/h1-2,4H,3H2,(H2,12,13,14). The van der Waals surface area contributed by atoms with Gasteiger partial charge >= 0.3 is 6.01 Å². The zero-order chi connectivity index (χ0) is 10.8. The number of hydrogen-bond acceptors (Lipinski definition) is 4. The summed E-state index contributed by atoms with van der Waals surface area (Å²) in [6.07, 6.45) is 0.361. The van der Waals surface area contributed by atoms with Crippen molar-refractivity contribution in [1.29, 1.82) is 0 Å². The van der Waals surface area contributed by atoms with Crippen LogP contribution >= 0.6 is 11.6 Å². The van der Waals surface area contributed by atoms with Crippen LogP contribution in [0.4, 0.5) is 10.4 Å². The number of nitrogen functional groups attached to an aromatic ring is 1. The highest BCUT2D eigenvalue weighted by Gasteiger charge is 2.07. The molecule has 0 saturated carbocycles. The number of nitrogens with zero attached hydrogens (tertiary/aromatic N) is 2. The highest BCUT2D eigenvalue weighted by Crippen LogP contribution is 2.19. The minimum Gasteiger partial charge on any atom is -0.351 e. The summed E-state index contributed by atoms with van der Waals surface area (Å²) in [6.45, 7) is 0. The van der Waals surface area contributed by atoms with Gasteiger partial charge in [0.25, 0.3) is 0 Å². The Morgan fingerprint density at radius 2 is 2.27 bits per heavy atom. The summed E-state index contributed by atoms with van der Waals surface area (Å²) in [4.78, 5) is 3.82. The summed E-state index contributed by atoms with van der Waals surface area (Å²) < 4.78 is 17.3. The summed E-state index contributed by atoms with van der Waals surface area (Å²) >= 11 is 5.83. The van der Waals surface area contributed by atoms with Gasteiger partial charge in [-0.15, -0.1) is 0 Å². The van der Waals surface area contributed by atoms with Gasteiger partial charge in [0.2, 0.25) is 0 Å². The Labute approximate surface area is 89.8 Å². The SMILES string of the molecule is Nc1nc(Cc2ccc(F)cc2Cl)no1. The van der Waals surface area contributed by atoms with Crippen molar-refractivity contribution in [3.8, 4) is 0 Å². The second-order valence-electron chi connectivity index (χ2n) is 2.96. The third-order valence-corrected chi connectivity index (χ3v) is 2.20. The van der Waals surface area contributed by atoms with Crippen LogP contribution < -0.4 is 5.73 Å². The monoisotopic (exact) mass is 227 g/mol. The Bertz CT molecular complexity index is 486. The summed E-state index contributed by atoms with van der Waals surface area (Å²) in [5.74, 6) is 0.0392. The van der Waals surface area contributed by atoms with Crippen LogP contribution in [0.3, 0.4) is 0 Å². The topological polar surface area (TPSA) is 64.9 Å². The zero-order valence-electron chi connectivity index (χ0n) is 7.58. The van der Waals surface area contributed by atoms with Crippen molar-refractivity contribution in [2.75, 3.05) is 5.73 Å². The van der Waals surface area contributed by atoms with E-state index in [1.807, 2.05) is 0 Å². The fraction of sp³-hybridized carbons (Fsp3) is 0.111. The maximum Gasteiger partial charge on any atom is 0.318 e. The maximum atomic E-state index is 12.7. The molecule has 0 spiro atoms. The van der Waals surface area contributed by atoms with E-state index in [9.17, 15) is 4.39 Å². The molecule has 2 N–H and O–H groups in total. The third kappa shape index (κ3) is 2.24. The van der Waals surface area contributed by atoms with E-state index in [0.717, 1.165) is 5.56 Å². The molecule has 0 aliphatic rings. The second-order valence-corrected chi connectivity index (χ2v) is 3.37. The fourth-order valence-electron chi connectivity index (χ4n) is 1.17. The number of hydrogen-bond donors (Lipinski definition) is 1. The average Bonchev–Trinajstić information content (AvgIpc) is 2.56. The van der Waals surface area contributed by atoms with Gasteiger partial charge in [0.15, 0.2) is 5.82 Å². The Balaban J connectivity index is 2.24. The molecule has 6 heteroatoms. The Morgan fingerprint density at radius 1 is 1.47 bits per heavy atom. The van der Waals surface area contributed by atoms with E-state index in [1.54, 1.807) is 6.07 Å². The van der Waals surface area contributed by atoms with E-state index in [0.29, 0.717) is 17.3 Å². The van der Waals surface area contributed by atoms with E-state index in [4.69, 9.17) is 17.3 Å². The fourth-order valence-corrected chi connectivity index (χ4v) is 1.41. The minimum atomic E-state index is -0.378. The summed E-state index contributed by atoms with van der Waals surface area (Å²) in [7, 11) is 0. The molecule has 15 heavy (non-hydrogen) atoms. The van der Waals surface area contributed by atoms with Crippen LogP contribution in [-0.4, -0.2) is 10.1 Å². The van der Waals surface area contributed by atoms with Gasteiger partial charge in [-0.05, 0) is 17.7 Å².